The van der Waals surface area contributed by atoms with Gasteiger partial charge in [-0.15, -0.1) is 0 Å². The van der Waals surface area contributed by atoms with Gasteiger partial charge in [-0.1, -0.05) is 55.5 Å². The molecule has 0 spiro atoms. The lowest BCUT2D eigenvalue weighted by Crippen LogP contribution is -2.33. The number of methoxy groups -OCH3 is 1. The van der Waals surface area contributed by atoms with Crippen molar-refractivity contribution in [3.8, 4) is 16.9 Å². The van der Waals surface area contributed by atoms with E-state index in [-0.39, 0.29) is 18.2 Å². The zero-order valence-corrected chi connectivity index (χ0v) is 18.0. The van der Waals surface area contributed by atoms with Crippen LogP contribution in [0.25, 0.3) is 22.1 Å². The van der Waals surface area contributed by atoms with Crippen molar-refractivity contribution >= 4 is 28.5 Å². The van der Waals surface area contributed by atoms with Gasteiger partial charge in [-0.05, 0) is 35.7 Å². The number of ether oxygens (including phenoxy) is 1. The number of carbonyl (C=O) groups is 2. The van der Waals surface area contributed by atoms with Crippen molar-refractivity contribution < 1.29 is 18.7 Å². The van der Waals surface area contributed by atoms with Gasteiger partial charge in [-0.3, -0.25) is 9.59 Å². The number of para-hydroxylation sites is 1. The van der Waals surface area contributed by atoms with Crippen LogP contribution in [0.1, 0.15) is 23.0 Å². The van der Waals surface area contributed by atoms with Gasteiger partial charge in [0.25, 0.3) is 5.91 Å². The molecule has 2 amide bonds. The van der Waals surface area contributed by atoms with Crippen molar-refractivity contribution in [1.82, 2.24) is 5.32 Å². The quantitative estimate of drug-likeness (QED) is 0.432. The Morgan fingerprint density at radius 3 is 2.47 bits per heavy atom. The molecule has 1 heterocycles. The Bertz CT molecular complexity index is 1260. The number of rotatable bonds is 7. The molecule has 0 radical (unpaired) electrons. The van der Waals surface area contributed by atoms with Gasteiger partial charge in [0.05, 0.1) is 13.7 Å². The van der Waals surface area contributed by atoms with Crippen LogP contribution in [0.4, 0.5) is 5.69 Å². The van der Waals surface area contributed by atoms with E-state index >= 15 is 0 Å². The molecule has 3 aromatic carbocycles. The van der Waals surface area contributed by atoms with Gasteiger partial charge < -0.3 is 19.8 Å². The molecule has 162 valence electrons. The maximum Gasteiger partial charge on any atom is 0.288 e. The van der Waals surface area contributed by atoms with Crippen LogP contribution < -0.4 is 15.4 Å². The SMILES string of the molecule is CCc1ccccc1NC(=O)CNC(=O)c1oc2cc(OC)ccc2c1-c1ccccc1. The fraction of sp³-hybridized carbons (Fsp3) is 0.154. The van der Waals surface area contributed by atoms with E-state index in [1.807, 2.05) is 73.7 Å². The minimum atomic E-state index is -0.460. The van der Waals surface area contributed by atoms with Crippen LogP contribution in [0, 0.1) is 0 Å². The highest BCUT2D eigenvalue weighted by atomic mass is 16.5. The van der Waals surface area contributed by atoms with Crippen LogP contribution in [0.3, 0.4) is 0 Å². The lowest BCUT2D eigenvalue weighted by Gasteiger charge is -2.10. The van der Waals surface area contributed by atoms with Gasteiger partial charge in [-0.25, -0.2) is 0 Å². The number of hydrogen-bond donors (Lipinski definition) is 2. The summed E-state index contributed by atoms with van der Waals surface area (Å²) in [5.74, 6) is 0.0178. The predicted molar refractivity (Wildman–Crippen MR) is 125 cm³/mol. The number of fused-ring (bicyclic) bond motifs is 1. The summed E-state index contributed by atoms with van der Waals surface area (Å²) in [6.07, 6.45) is 0.797. The standard InChI is InChI=1S/C26H24N2O4/c1-3-17-9-7-8-12-21(17)28-23(29)16-27-26(30)25-24(18-10-5-4-6-11-18)20-14-13-19(31-2)15-22(20)32-25/h4-15H,3,16H2,1-2H3,(H,27,30)(H,28,29). The number of anilines is 1. The first-order valence-corrected chi connectivity index (χ1v) is 10.4. The van der Waals surface area contributed by atoms with E-state index in [0.29, 0.717) is 16.9 Å². The van der Waals surface area contributed by atoms with Crippen LogP contribution >= 0.6 is 0 Å². The summed E-state index contributed by atoms with van der Waals surface area (Å²) in [5, 5.41) is 6.33. The fourth-order valence-corrected chi connectivity index (χ4v) is 3.64. The maximum atomic E-state index is 13.0. The van der Waals surface area contributed by atoms with Crippen molar-refractivity contribution in [2.45, 2.75) is 13.3 Å². The Morgan fingerprint density at radius 1 is 0.969 bits per heavy atom. The van der Waals surface area contributed by atoms with Gasteiger partial charge in [0.1, 0.15) is 11.3 Å². The van der Waals surface area contributed by atoms with E-state index in [1.54, 1.807) is 13.2 Å². The molecular formula is C26H24N2O4. The Morgan fingerprint density at radius 2 is 1.72 bits per heavy atom. The van der Waals surface area contributed by atoms with Crippen molar-refractivity contribution in [3.63, 3.8) is 0 Å². The highest BCUT2D eigenvalue weighted by Gasteiger charge is 2.22. The zero-order valence-electron chi connectivity index (χ0n) is 18.0. The molecule has 4 rings (SSSR count). The predicted octanol–water partition coefficient (Wildman–Crippen LogP) is 5.04. The van der Waals surface area contributed by atoms with E-state index in [4.69, 9.17) is 9.15 Å². The molecule has 6 heteroatoms. The Kier molecular flexibility index (Phi) is 6.22. The Labute approximate surface area is 186 Å². The van der Waals surface area contributed by atoms with Gasteiger partial charge in [0.2, 0.25) is 11.7 Å². The molecule has 4 aromatic rings. The number of aryl methyl sites for hydroxylation is 1. The van der Waals surface area contributed by atoms with Crippen LogP contribution in [-0.4, -0.2) is 25.5 Å². The van der Waals surface area contributed by atoms with E-state index in [1.165, 1.54) is 0 Å². The van der Waals surface area contributed by atoms with Crippen molar-refractivity contribution in [2.24, 2.45) is 0 Å². The minimum Gasteiger partial charge on any atom is -0.497 e. The largest absolute Gasteiger partial charge is 0.497 e. The van der Waals surface area contributed by atoms with Crippen LogP contribution in [0.15, 0.2) is 77.2 Å². The molecule has 6 nitrogen and oxygen atoms in total. The average molecular weight is 428 g/mol. The van der Waals surface area contributed by atoms with Gasteiger partial charge in [-0.2, -0.15) is 0 Å². The first-order valence-electron chi connectivity index (χ1n) is 10.4. The number of benzene rings is 3. The molecule has 2 N–H and O–H groups in total. The number of furan rings is 1. The first-order chi connectivity index (χ1) is 15.6. The molecule has 0 saturated heterocycles. The number of amides is 2. The number of carbonyl (C=O) groups excluding carboxylic acids is 2. The number of hydrogen-bond acceptors (Lipinski definition) is 4. The average Bonchev–Trinajstić information content (AvgIpc) is 3.22. The van der Waals surface area contributed by atoms with Gasteiger partial charge >= 0.3 is 0 Å². The Hall–Kier alpha value is -4.06. The first kappa shape index (κ1) is 21.2. The summed E-state index contributed by atoms with van der Waals surface area (Å²) < 4.78 is 11.2. The third-order valence-electron chi connectivity index (χ3n) is 5.25. The summed E-state index contributed by atoms with van der Waals surface area (Å²) in [6.45, 7) is 1.85. The maximum absolute atomic E-state index is 13.0. The van der Waals surface area contributed by atoms with E-state index in [2.05, 4.69) is 10.6 Å². The van der Waals surface area contributed by atoms with Gasteiger partial charge in [0, 0.05) is 22.7 Å². The van der Waals surface area contributed by atoms with E-state index < -0.39 is 5.91 Å². The molecule has 0 saturated carbocycles. The molecule has 0 aliphatic heterocycles. The molecule has 0 unspecified atom stereocenters. The molecule has 32 heavy (non-hydrogen) atoms. The zero-order chi connectivity index (χ0) is 22.5. The highest BCUT2D eigenvalue weighted by molar-refractivity contribution is 6.09. The van der Waals surface area contributed by atoms with E-state index in [9.17, 15) is 9.59 Å². The molecule has 0 fully saturated rings. The molecule has 0 atom stereocenters. The van der Waals surface area contributed by atoms with Crippen molar-refractivity contribution in [3.05, 3.63) is 84.1 Å². The smallest absolute Gasteiger partial charge is 0.288 e. The Balaban J connectivity index is 1.58. The number of nitrogens with one attached hydrogen (secondary N) is 2. The molecule has 0 aliphatic carbocycles. The fourth-order valence-electron chi connectivity index (χ4n) is 3.64. The molecule has 0 aliphatic rings. The second-order valence-electron chi connectivity index (χ2n) is 7.28. The third kappa shape index (κ3) is 4.34. The lowest BCUT2D eigenvalue weighted by atomic mass is 10.0. The molecule has 0 bridgehead atoms. The summed E-state index contributed by atoms with van der Waals surface area (Å²) in [6, 6.07) is 22.6. The van der Waals surface area contributed by atoms with Crippen LogP contribution in [0.5, 0.6) is 5.75 Å². The van der Waals surface area contributed by atoms with Gasteiger partial charge in [0.15, 0.2) is 0 Å². The molecule has 1 aromatic heterocycles. The summed E-state index contributed by atoms with van der Waals surface area (Å²) in [4.78, 5) is 25.5. The topological polar surface area (TPSA) is 80.6 Å². The van der Waals surface area contributed by atoms with E-state index in [0.717, 1.165) is 28.6 Å². The van der Waals surface area contributed by atoms with Crippen molar-refractivity contribution in [1.29, 1.82) is 0 Å². The van der Waals surface area contributed by atoms with Crippen LogP contribution in [-0.2, 0) is 11.2 Å². The summed E-state index contributed by atoms with van der Waals surface area (Å²) >= 11 is 0. The van der Waals surface area contributed by atoms with Crippen LogP contribution in [0.2, 0.25) is 0 Å². The second kappa shape index (κ2) is 9.39. The van der Waals surface area contributed by atoms with Crippen molar-refractivity contribution in [2.75, 3.05) is 19.0 Å². The molecular weight excluding hydrogens is 404 g/mol. The highest BCUT2D eigenvalue weighted by Crippen LogP contribution is 2.36. The monoisotopic (exact) mass is 428 g/mol. The normalized spacial score (nSPS) is 10.7. The second-order valence-corrected chi connectivity index (χ2v) is 7.28. The minimum absolute atomic E-state index is 0.154. The summed E-state index contributed by atoms with van der Waals surface area (Å²) in [5.41, 5.74) is 3.84. The third-order valence-corrected chi connectivity index (χ3v) is 5.25. The summed E-state index contributed by atoms with van der Waals surface area (Å²) in [7, 11) is 1.57. The lowest BCUT2D eigenvalue weighted by molar-refractivity contribution is -0.115.